The Labute approximate surface area is 124 Å². The molecular formula is C15H23F2NO3. The molecule has 0 spiro atoms. The molecule has 0 saturated heterocycles. The van der Waals surface area contributed by atoms with Gasteiger partial charge in [-0.1, -0.05) is 13.3 Å². The van der Waals surface area contributed by atoms with Gasteiger partial charge in [0.25, 0.3) is 0 Å². The highest BCUT2D eigenvalue weighted by Gasteiger charge is 2.14. The van der Waals surface area contributed by atoms with E-state index >= 15 is 0 Å². The number of aliphatic hydroxyl groups excluding tert-OH is 1. The lowest BCUT2D eigenvalue weighted by atomic mass is 10.2. The number of rotatable bonds is 10. The molecule has 0 aromatic heterocycles. The Hall–Kier alpha value is -1.24. The van der Waals surface area contributed by atoms with Crippen LogP contribution in [0.2, 0.25) is 0 Å². The van der Waals surface area contributed by atoms with Crippen LogP contribution in [0, 0.1) is 11.6 Å². The van der Waals surface area contributed by atoms with Crippen LogP contribution in [-0.4, -0.2) is 38.1 Å². The maximum Gasteiger partial charge on any atom is 0.190 e. The van der Waals surface area contributed by atoms with Gasteiger partial charge in [-0.05, 0) is 31.2 Å². The van der Waals surface area contributed by atoms with Gasteiger partial charge in [-0.3, -0.25) is 0 Å². The molecule has 0 aliphatic carbocycles. The smallest absolute Gasteiger partial charge is 0.190 e. The second kappa shape index (κ2) is 9.65. The third-order valence-electron chi connectivity index (χ3n) is 2.81. The molecule has 0 bridgehead atoms. The number of halogens is 2. The minimum absolute atomic E-state index is 0.0844. The SMILES string of the molecule is CCCCOCC(O)COc1c(F)cc(CNC)cc1F. The molecule has 0 saturated carbocycles. The maximum absolute atomic E-state index is 13.7. The molecule has 0 aliphatic heterocycles. The minimum Gasteiger partial charge on any atom is -0.485 e. The zero-order valence-electron chi connectivity index (χ0n) is 12.5. The van der Waals surface area contributed by atoms with Crippen LogP contribution in [-0.2, 0) is 11.3 Å². The van der Waals surface area contributed by atoms with Gasteiger partial charge in [0, 0.05) is 13.2 Å². The summed E-state index contributed by atoms with van der Waals surface area (Å²) in [4.78, 5) is 0. The molecule has 6 heteroatoms. The molecule has 1 aromatic carbocycles. The van der Waals surface area contributed by atoms with Gasteiger partial charge in [-0.2, -0.15) is 0 Å². The van der Waals surface area contributed by atoms with Gasteiger partial charge in [0.1, 0.15) is 12.7 Å². The van der Waals surface area contributed by atoms with Crippen LogP contribution in [0.1, 0.15) is 25.3 Å². The number of aliphatic hydroxyl groups is 1. The van der Waals surface area contributed by atoms with E-state index in [1.807, 2.05) is 6.92 Å². The van der Waals surface area contributed by atoms with E-state index in [1.54, 1.807) is 7.05 Å². The number of benzene rings is 1. The van der Waals surface area contributed by atoms with Crippen LogP contribution in [0.25, 0.3) is 0 Å². The van der Waals surface area contributed by atoms with Crippen LogP contribution in [0.15, 0.2) is 12.1 Å². The Morgan fingerprint density at radius 1 is 1.24 bits per heavy atom. The topological polar surface area (TPSA) is 50.7 Å². The highest BCUT2D eigenvalue weighted by molar-refractivity contribution is 5.31. The van der Waals surface area contributed by atoms with Crippen molar-refractivity contribution in [2.45, 2.75) is 32.4 Å². The number of ether oxygens (including phenoxy) is 2. The Morgan fingerprint density at radius 3 is 2.48 bits per heavy atom. The van der Waals surface area contributed by atoms with E-state index in [1.165, 1.54) is 12.1 Å². The highest BCUT2D eigenvalue weighted by Crippen LogP contribution is 2.23. The number of unbranched alkanes of at least 4 members (excludes halogenated alkanes) is 1. The molecule has 0 aliphatic rings. The van der Waals surface area contributed by atoms with Crippen LogP contribution < -0.4 is 10.1 Å². The molecule has 1 unspecified atom stereocenters. The van der Waals surface area contributed by atoms with Crippen molar-refractivity contribution in [2.75, 3.05) is 26.9 Å². The Morgan fingerprint density at radius 2 is 1.90 bits per heavy atom. The van der Waals surface area contributed by atoms with E-state index < -0.39 is 23.5 Å². The van der Waals surface area contributed by atoms with Gasteiger partial charge in [-0.25, -0.2) is 8.78 Å². The number of nitrogens with one attached hydrogen (secondary N) is 1. The second-order valence-electron chi connectivity index (χ2n) is 4.81. The first-order valence-corrected chi connectivity index (χ1v) is 7.09. The van der Waals surface area contributed by atoms with E-state index in [-0.39, 0.29) is 13.2 Å². The van der Waals surface area contributed by atoms with E-state index in [2.05, 4.69) is 5.32 Å². The predicted octanol–water partition coefficient (Wildman–Crippen LogP) is 2.24. The van der Waals surface area contributed by atoms with Crippen molar-refractivity contribution in [3.8, 4) is 5.75 Å². The molecule has 21 heavy (non-hydrogen) atoms. The van der Waals surface area contributed by atoms with Crippen molar-refractivity contribution >= 4 is 0 Å². The van der Waals surface area contributed by atoms with Crippen LogP contribution in [0.4, 0.5) is 8.78 Å². The fraction of sp³-hybridized carbons (Fsp3) is 0.600. The lowest BCUT2D eigenvalue weighted by molar-refractivity contribution is 0.00984. The monoisotopic (exact) mass is 303 g/mol. The highest BCUT2D eigenvalue weighted by atomic mass is 19.1. The third kappa shape index (κ3) is 6.37. The summed E-state index contributed by atoms with van der Waals surface area (Å²) in [6, 6.07) is 2.41. The van der Waals surface area contributed by atoms with Gasteiger partial charge >= 0.3 is 0 Å². The van der Waals surface area contributed by atoms with Crippen molar-refractivity contribution in [1.29, 1.82) is 0 Å². The van der Waals surface area contributed by atoms with Crippen LogP contribution in [0.3, 0.4) is 0 Å². The van der Waals surface area contributed by atoms with Crippen molar-refractivity contribution in [1.82, 2.24) is 5.32 Å². The van der Waals surface area contributed by atoms with E-state index in [0.717, 1.165) is 12.8 Å². The first-order chi connectivity index (χ1) is 10.1. The van der Waals surface area contributed by atoms with Crippen molar-refractivity contribution in [3.63, 3.8) is 0 Å². The molecule has 0 heterocycles. The summed E-state index contributed by atoms with van der Waals surface area (Å²) < 4.78 is 37.7. The summed E-state index contributed by atoms with van der Waals surface area (Å²) in [6.45, 7) is 2.82. The molecule has 1 rings (SSSR count). The lowest BCUT2D eigenvalue weighted by Crippen LogP contribution is -2.24. The average Bonchev–Trinajstić information content (AvgIpc) is 2.43. The summed E-state index contributed by atoms with van der Waals surface area (Å²) in [5.41, 5.74) is 0.489. The standard InChI is InChI=1S/C15H23F2NO3/c1-3-4-5-20-9-12(19)10-21-15-13(16)6-11(8-18-2)7-14(15)17/h6-7,12,18-19H,3-5,8-10H2,1-2H3. The van der Waals surface area contributed by atoms with Gasteiger partial charge in [0.05, 0.1) is 6.61 Å². The molecule has 0 radical (unpaired) electrons. The molecule has 1 atom stereocenters. The predicted molar refractivity (Wildman–Crippen MR) is 76.4 cm³/mol. The van der Waals surface area contributed by atoms with Gasteiger partial charge in [-0.15, -0.1) is 0 Å². The first-order valence-electron chi connectivity index (χ1n) is 7.09. The van der Waals surface area contributed by atoms with Crippen LogP contribution >= 0.6 is 0 Å². The Balaban J connectivity index is 2.47. The Kier molecular flexibility index (Phi) is 8.19. The fourth-order valence-corrected chi connectivity index (χ4v) is 1.75. The third-order valence-corrected chi connectivity index (χ3v) is 2.81. The molecule has 0 fully saturated rings. The quantitative estimate of drug-likeness (QED) is 0.651. The summed E-state index contributed by atoms with van der Waals surface area (Å²) in [5, 5.41) is 12.4. The molecule has 2 N–H and O–H groups in total. The normalized spacial score (nSPS) is 12.4. The van der Waals surface area contributed by atoms with E-state index in [9.17, 15) is 13.9 Å². The zero-order valence-corrected chi connectivity index (χ0v) is 12.5. The first kappa shape index (κ1) is 17.8. The largest absolute Gasteiger partial charge is 0.485 e. The minimum atomic E-state index is -0.919. The molecule has 1 aromatic rings. The van der Waals surface area contributed by atoms with Gasteiger partial charge in [0.2, 0.25) is 0 Å². The molecular weight excluding hydrogens is 280 g/mol. The number of hydrogen-bond acceptors (Lipinski definition) is 4. The van der Waals surface area contributed by atoms with Gasteiger partial charge in [0.15, 0.2) is 17.4 Å². The zero-order chi connectivity index (χ0) is 15.7. The summed E-state index contributed by atoms with van der Waals surface area (Å²) in [6.07, 6.45) is 0.990. The van der Waals surface area contributed by atoms with Gasteiger partial charge < -0.3 is 19.9 Å². The molecule has 120 valence electrons. The average molecular weight is 303 g/mol. The lowest BCUT2D eigenvalue weighted by Gasteiger charge is -2.14. The summed E-state index contributed by atoms with van der Waals surface area (Å²) >= 11 is 0. The molecule has 4 nitrogen and oxygen atoms in total. The Bertz CT molecular complexity index is 406. The van der Waals surface area contributed by atoms with E-state index in [0.29, 0.717) is 18.7 Å². The molecule has 0 amide bonds. The van der Waals surface area contributed by atoms with Crippen molar-refractivity contribution in [3.05, 3.63) is 29.3 Å². The second-order valence-corrected chi connectivity index (χ2v) is 4.81. The van der Waals surface area contributed by atoms with Crippen molar-refractivity contribution < 1.29 is 23.4 Å². The fourth-order valence-electron chi connectivity index (χ4n) is 1.75. The van der Waals surface area contributed by atoms with Crippen LogP contribution in [0.5, 0.6) is 5.75 Å². The van der Waals surface area contributed by atoms with E-state index in [4.69, 9.17) is 9.47 Å². The summed E-state index contributed by atoms with van der Waals surface area (Å²) in [7, 11) is 1.69. The summed E-state index contributed by atoms with van der Waals surface area (Å²) in [5.74, 6) is -2.03. The van der Waals surface area contributed by atoms with Crippen molar-refractivity contribution in [2.24, 2.45) is 0 Å². The maximum atomic E-state index is 13.7. The number of hydrogen-bond donors (Lipinski definition) is 2.